The van der Waals surface area contributed by atoms with Crippen LogP contribution in [0.3, 0.4) is 0 Å². The second-order valence-corrected chi connectivity index (χ2v) is 8.35. The van der Waals surface area contributed by atoms with Crippen molar-refractivity contribution in [2.24, 2.45) is 11.7 Å². The summed E-state index contributed by atoms with van der Waals surface area (Å²) in [6.45, 7) is 5.90. The normalized spacial score (nSPS) is 32.0. The van der Waals surface area contributed by atoms with Gasteiger partial charge < -0.3 is 10.6 Å². The Labute approximate surface area is 143 Å². The van der Waals surface area contributed by atoms with Gasteiger partial charge in [-0.15, -0.1) is 11.3 Å². The lowest BCUT2D eigenvalue weighted by molar-refractivity contribution is -0.140. The molecular formula is C18H29N3OS. The predicted octanol–water partition coefficient (Wildman–Crippen LogP) is 3.32. The van der Waals surface area contributed by atoms with Crippen molar-refractivity contribution in [1.29, 1.82) is 0 Å². The van der Waals surface area contributed by atoms with Crippen molar-refractivity contribution in [3.05, 3.63) is 16.1 Å². The molecule has 2 aliphatic rings. The molecule has 0 spiro atoms. The molecule has 1 aliphatic carbocycles. The summed E-state index contributed by atoms with van der Waals surface area (Å²) in [6, 6.07) is 0. The van der Waals surface area contributed by atoms with E-state index in [0.717, 1.165) is 58.0 Å². The zero-order chi connectivity index (χ0) is 16.4. The maximum atomic E-state index is 13.0. The molecule has 2 heterocycles. The van der Waals surface area contributed by atoms with Crippen molar-refractivity contribution >= 4 is 17.2 Å². The molecule has 3 atom stereocenters. The molecule has 0 aromatic carbocycles. The Morgan fingerprint density at radius 3 is 2.96 bits per heavy atom. The molecular weight excluding hydrogens is 306 g/mol. The number of amides is 1. The molecule has 3 unspecified atom stereocenters. The Morgan fingerprint density at radius 1 is 1.43 bits per heavy atom. The molecule has 1 aromatic rings. The van der Waals surface area contributed by atoms with Crippen LogP contribution in [-0.2, 0) is 11.2 Å². The third-order valence-corrected chi connectivity index (χ3v) is 6.62. The minimum Gasteiger partial charge on any atom is -0.342 e. The van der Waals surface area contributed by atoms with Gasteiger partial charge >= 0.3 is 0 Å². The average Bonchev–Trinajstić information content (AvgIpc) is 3.03. The summed E-state index contributed by atoms with van der Waals surface area (Å²) < 4.78 is 0. The Bertz CT molecular complexity index is 554. The van der Waals surface area contributed by atoms with Crippen LogP contribution in [-0.4, -0.2) is 34.4 Å². The summed E-state index contributed by atoms with van der Waals surface area (Å²) in [5.41, 5.74) is 7.28. The minimum absolute atomic E-state index is 0.00232. The highest BCUT2D eigenvalue weighted by molar-refractivity contribution is 7.09. The van der Waals surface area contributed by atoms with Gasteiger partial charge in [0.15, 0.2) is 0 Å². The largest absolute Gasteiger partial charge is 0.342 e. The molecule has 4 nitrogen and oxygen atoms in total. The molecule has 0 radical (unpaired) electrons. The van der Waals surface area contributed by atoms with E-state index in [2.05, 4.69) is 24.1 Å². The lowest BCUT2D eigenvalue weighted by atomic mass is 9.73. The van der Waals surface area contributed by atoms with E-state index in [-0.39, 0.29) is 17.4 Å². The molecule has 1 amide bonds. The van der Waals surface area contributed by atoms with Gasteiger partial charge in [0.25, 0.3) is 0 Å². The summed E-state index contributed by atoms with van der Waals surface area (Å²) in [5.74, 6) is 0.690. The molecule has 2 N–H and O–H groups in total. The topological polar surface area (TPSA) is 59.2 Å². The Morgan fingerprint density at radius 2 is 2.26 bits per heavy atom. The summed E-state index contributed by atoms with van der Waals surface area (Å²) in [5, 5.41) is 3.37. The van der Waals surface area contributed by atoms with Gasteiger partial charge in [-0.3, -0.25) is 4.79 Å². The molecule has 1 aliphatic heterocycles. The van der Waals surface area contributed by atoms with Gasteiger partial charge in [0.05, 0.1) is 16.6 Å². The minimum atomic E-state index is -0.334. The fourth-order valence-electron chi connectivity index (χ4n) is 4.04. The van der Waals surface area contributed by atoms with Crippen molar-refractivity contribution in [3.8, 4) is 0 Å². The standard InChI is InChI=1S/C18H29N3OS/c1-3-14-12-23-16(20-14)13-7-6-10-21(11-13)17(22)15-8-4-5-9-18(15,2)19/h12-13,15H,3-11,19H2,1-2H3. The number of aryl methyl sites for hydroxylation is 1. The fraction of sp³-hybridized carbons (Fsp3) is 0.778. The number of carbonyl (C=O) groups is 1. The number of likely N-dealkylation sites (tertiary alicyclic amines) is 1. The third-order valence-electron chi connectivity index (χ3n) is 5.57. The van der Waals surface area contributed by atoms with Crippen LogP contribution in [0.2, 0.25) is 0 Å². The number of thiazole rings is 1. The van der Waals surface area contributed by atoms with Gasteiger partial charge in [-0.05, 0) is 39.0 Å². The van der Waals surface area contributed by atoms with Gasteiger partial charge in [0.1, 0.15) is 0 Å². The summed E-state index contributed by atoms with van der Waals surface area (Å²) >= 11 is 1.76. The number of hydrogen-bond donors (Lipinski definition) is 1. The average molecular weight is 336 g/mol. The van der Waals surface area contributed by atoms with E-state index in [1.54, 1.807) is 11.3 Å². The van der Waals surface area contributed by atoms with Crippen LogP contribution in [0.4, 0.5) is 0 Å². The van der Waals surface area contributed by atoms with E-state index in [1.165, 1.54) is 10.7 Å². The van der Waals surface area contributed by atoms with Gasteiger partial charge in [0.2, 0.25) is 5.91 Å². The Balaban J connectivity index is 1.69. The quantitative estimate of drug-likeness (QED) is 0.922. The van der Waals surface area contributed by atoms with Gasteiger partial charge in [-0.2, -0.15) is 0 Å². The molecule has 5 heteroatoms. The molecule has 1 aromatic heterocycles. The summed E-state index contributed by atoms with van der Waals surface area (Å²) in [4.78, 5) is 19.9. The van der Waals surface area contributed by atoms with Crippen molar-refractivity contribution in [2.45, 2.75) is 70.3 Å². The molecule has 0 bridgehead atoms. The van der Waals surface area contributed by atoms with Gasteiger partial charge in [0, 0.05) is 29.9 Å². The molecule has 2 fully saturated rings. The maximum absolute atomic E-state index is 13.0. The van der Waals surface area contributed by atoms with Crippen LogP contribution in [0, 0.1) is 5.92 Å². The van der Waals surface area contributed by atoms with E-state index in [4.69, 9.17) is 10.7 Å². The van der Waals surface area contributed by atoms with E-state index in [1.807, 2.05) is 0 Å². The number of nitrogens with zero attached hydrogens (tertiary/aromatic N) is 2. The fourth-order valence-corrected chi connectivity index (χ4v) is 5.07. The monoisotopic (exact) mass is 335 g/mol. The number of hydrogen-bond acceptors (Lipinski definition) is 4. The lowest BCUT2D eigenvalue weighted by Gasteiger charge is -2.42. The van der Waals surface area contributed by atoms with Crippen LogP contribution in [0.15, 0.2) is 5.38 Å². The smallest absolute Gasteiger partial charge is 0.227 e. The van der Waals surface area contributed by atoms with E-state index in [0.29, 0.717) is 5.92 Å². The first-order valence-corrected chi connectivity index (χ1v) is 9.91. The number of nitrogens with two attached hydrogens (primary N) is 1. The van der Waals surface area contributed by atoms with Crippen LogP contribution in [0.25, 0.3) is 0 Å². The van der Waals surface area contributed by atoms with Crippen molar-refractivity contribution in [2.75, 3.05) is 13.1 Å². The molecule has 128 valence electrons. The molecule has 1 saturated heterocycles. The van der Waals surface area contributed by atoms with E-state index >= 15 is 0 Å². The summed E-state index contributed by atoms with van der Waals surface area (Å²) in [6.07, 6.45) is 7.40. The molecule has 23 heavy (non-hydrogen) atoms. The SMILES string of the molecule is CCc1csc(C2CCCN(C(=O)C3CCCCC3(C)N)C2)n1. The Kier molecular flexibility index (Phi) is 5.07. The van der Waals surface area contributed by atoms with Crippen LogP contribution in [0.5, 0.6) is 0 Å². The second kappa shape index (κ2) is 6.89. The third kappa shape index (κ3) is 3.61. The highest BCUT2D eigenvalue weighted by Crippen LogP contribution is 2.35. The highest BCUT2D eigenvalue weighted by atomic mass is 32.1. The van der Waals surface area contributed by atoms with Crippen molar-refractivity contribution < 1.29 is 4.79 Å². The van der Waals surface area contributed by atoms with Crippen LogP contribution >= 0.6 is 11.3 Å². The Hall–Kier alpha value is -0.940. The second-order valence-electron chi connectivity index (χ2n) is 7.46. The lowest BCUT2D eigenvalue weighted by Crippen LogP contribution is -2.55. The maximum Gasteiger partial charge on any atom is 0.227 e. The van der Waals surface area contributed by atoms with Gasteiger partial charge in [-0.1, -0.05) is 19.8 Å². The number of piperidine rings is 1. The zero-order valence-corrected chi connectivity index (χ0v) is 15.2. The first kappa shape index (κ1) is 16.9. The first-order chi connectivity index (χ1) is 11.0. The van der Waals surface area contributed by atoms with Crippen molar-refractivity contribution in [3.63, 3.8) is 0 Å². The van der Waals surface area contributed by atoms with Gasteiger partial charge in [-0.25, -0.2) is 4.98 Å². The number of carbonyl (C=O) groups excluding carboxylic acids is 1. The summed E-state index contributed by atoms with van der Waals surface area (Å²) in [7, 11) is 0. The number of rotatable bonds is 3. The van der Waals surface area contributed by atoms with Crippen LogP contribution < -0.4 is 5.73 Å². The highest BCUT2D eigenvalue weighted by Gasteiger charge is 2.41. The van der Waals surface area contributed by atoms with E-state index < -0.39 is 0 Å². The van der Waals surface area contributed by atoms with E-state index in [9.17, 15) is 4.79 Å². The number of aromatic nitrogens is 1. The van der Waals surface area contributed by atoms with Crippen LogP contribution in [0.1, 0.15) is 69.0 Å². The zero-order valence-electron chi connectivity index (χ0n) is 14.4. The predicted molar refractivity (Wildman–Crippen MR) is 94.6 cm³/mol. The first-order valence-electron chi connectivity index (χ1n) is 9.03. The molecule has 3 rings (SSSR count). The van der Waals surface area contributed by atoms with Crippen molar-refractivity contribution in [1.82, 2.24) is 9.88 Å². The molecule has 1 saturated carbocycles.